The van der Waals surface area contributed by atoms with Gasteiger partial charge in [0.15, 0.2) is 0 Å². The van der Waals surface area contributed by atoms with Crippen LogP contribution in [0, 0.1) is 11.3 Å². The van der Waals surface area contributed by atoms with Crippen molar-refractivity contribution in [2.75, 3.05) is 23.7 Å². The van der Waals surface area contributed by atoms with Gasteiger partial charge in [-0.3, -0.25) is 0 Å². The molecule has 0 spiro atoms. The highest BCUT2D eigenvalue weighted by molar-refractivity contribution is 7.99. The predicted octanol–water partition coefficient (Wildman–Crippen LogP) is 1.21. The van der Waals surface area contributed by atoms with E-state index >= 15 is 0 Å². The minimum atomic E-state index is -0.737. The Morgan fingerprint density at radius 1 is 1.39 bits per heavy atom. The number of nitrogens with zero attached hydrogens (tertiary/aromatic N) is 2. The number of rotatable bonds is 3. The minimum Gasteiger partial charge on any atom is -0.389 e. The smallest absolute Gasteiger partial charge is 0.103 e. The van der Waals surface area contributed by atoms with E-state index in [0.717, 1.165) is 16.3 Å². The lowest BCUT2D eigenvalue weighted by atomic mass is 10.2. The first-order valence-corrected chi connectivity index (χ1v) is 6.93. The number of aliphatic hydroxyl groups is 2. The van der Waals surface area contributed by atoms with E-state index in [1.165, 1.54) is 0 Å². The Morgan fingerprint density at radius 2 is 2.06 bits per heavy atom. The summed E-state index contributed by atoms with van der Waals surface area (Å²) in [6.45, 7) is 2.79. The number of hydrogen-bond acceptors (Lipinski definition) is 5. The maximum atomic E-state index is 9.59. The highest BCUT2D eigenvalue weighted by Crippen LogP contribution is 2.31. The second-order valence-corrected chi connectivity index (χ2v) is 5.54. The summed E-state index contributed by atoms with van der Waals surface area (Å²) in [5.41, 5.74) is 1.43. The van der Waals surface area contributed by atoms with Gasteiger partial charge in [-0.15, -0.1) is 11.8 Å². The van der Waals surface area contributed by atoms with E-state index in [-0.39, 0.29) is 0 Å². The molecule has 1 aliphatic rings. The lowest BCUT2D eigenvalue weighted by molar-refractivity contribution is 0.0572. The highest BCUT2D eigenvalue weighted by atomic mass is 32.2. The normalized spacial score (nSPS) is 23.1. The number of thioether (sulfide) groups is 1. The lowest BCUT2D eigenvalue weighted by Gasteiger charge is -2.20. The number of anilines is 1. The largest absolute Gasteiger partial charge is 0.389 e. The van der Waals surface area contributed by atoms with Crippen molar-refractivity contribution in [2.45, 2.75) is 24.0 Å². The van der Waals surface area contributed by atoms with Crippen molar-refractivity contribution >= 4 is 17.4 Å². The molecule has 0 saturated carbocycles. The first kappa shape index (κ1) is 13.2. The van der Waals surface area contributed by atoms with Gasteiger partial charge >= 0.3 is 0 Å². The molecule has 0 radical (unpaired) electrons. The molecule has 1 aromatic rings. The fourth-order valence-electron chi connectivity index (χ4n) is 2.14. The van der Waals surface area contributed by atoms with Gasteiger partial charge in [0, 0.05) is 18.0 Å². The van der Waals surface area contributed by atoms with Crippen LogP contribution in [0.4, 0.5) is 5.69 Å². The van der Waals surface area contributed by atoms with Crippen molar-refractivity contribution < 1.29 is 10.2 Å². The average Bonchev–Trinajstić information content (AvgIpc) is 2.69. The van der Waals surface area contributed by atoms with Crippen LogP contribution in [0.5, 0.6) is 0 Å². The van der Waals surface area contributed by atoms with Crippen LogP contribution in [0.25, 0.3) is 0 Å². The molecule has 96 valence electrons. The zero-order chi connectivity index (χ0) is 13.1. The highest BCUT2D eigenvalue weighted by Gasteiger charge is 2.31. The molecule has 0 aliphatic carbocycles. The maximum absolute atomic E-state index is 9.59. The van der Waals surface area contributed by atoms with Crippen LogP contribution >= 0.6 is 11.8 Å². The van der Waals surface area contributed by atoms with Crippen LogP contribution in [0.3, 0.4) is 0 Å². The quantitative estimate of drug-likeness (QED) is 0.803. The van der Waals surface area contributed by atoms with Crippen LogP contribution in [0.2, 0.25) is 0 Å². The molecule has 1 fully saturated rings. The number of β-amino-alcohol motifs (C(OH)–C–C–N with tert-alkyl or cyclic N) is 2. The summed E-state index contributed by atoms with van der Waals surface area (Å²) in [7, 11) is 0. The van der Waals surface area contributed by atoms with Crippen molar-refractivity contribution in [1.29, 1.82) is 5.26 Å². The zero-order valence-corrected chi connectivity index (χ0v) is 11.0. The fourth-order valence-corrected chi connectivity index (χ4v) is 2.92. The second-order valence-electron chi connectivity index (χ2n) is 4.23. The van der Waals surface area contributed by atoms with E-state index in [1.54, 1.807) is 11.8 Å². The molecule has 0 amide bonds. The molecule has 0 aromatic heterocycles. The van der Waals surface area contributed by atoms with Gasteiger partial charge in [0.25, 0.3) is 0 Å². The Hall–Kier alpha value is -1.22. The summed E-state index contributed by atoms with van der Waals surface area (Å²) in [4.78, 5) is 2.82. The van der Waals surface area contributed by atoms with Gasteiger partial charge in [-0.1, -0.05) is 13.0 Å². The second kappa shape index (κ2) is 5.61. The Morgan fingerprint density at radius 3 is 2.61 bits per heavy atom. The molecule has 1 aromatic carbocycles. The number of benzene rings is 1. The molecule has 1 aliphatic heterocycles. The molecular weight excluding hydrogens is 248 g/mol. The Balaban J connectivity index is 2.34. The number of nitriles is 1. The molecule has 2 rings (SSSR count). The molecule has 5 heteroatoms. The first-order chi connectivity index (χ1) is 8.67. The number of aliphatic hydroxyl groups excluding tert-OH is 2. The molecule has 0 bridgehead atoms. The molecule has 1 saturated heterocycles. The van der Waals surface area contributed by atoms with E-state index in [9.17, 15) is 15.5 Å². The number of hydrogen-bond donors (Lipinski definition) is 2. The SMILES string of the molecule is CCSc1cccc(N2CC(O)C(O)C2)c1C#N. The van der Waals surface area contributed by atoms with Gasteiger partial charge in [0.2, 0.25) is 0 Å². The molecule has 4 nitrogen and oxygen atoms in total. The molecule has 2 atom stereocenters. The third kappa shape index (κ3) is 2.46. The van der Waals surface area contributed by atoms with Crippen molar-refractivity contribution in [3.05, 3.63) is 23.8 Å². The predicted molar refractivity (Wildman–Crippen MR) is 71.8 cm³/mol. The van der Waals surface area contributed by atoms with Crippen molar-refractivity contribution in [2.24, 2.45) is 0 Å². The Kier molecular flexibility index (Phi) is 4.12. The molecule has 2 N–H and O–H groups in total. The van der Waals surface area contributed by atoms with E-state index in [4.69, 9.17) is 0 Å². The van der Waals surface area contributed by atoms with Crippen molar-refractivity contribution in [3.8, 4) is 6.07 Å². The van der Waals surface area contributed by atoms with Gasteiger partial charge in [0.1, 0.15) is 6.07 Å². The van der Waals surface area contributed by atoms with Crippen LogP contribution in [-0.4, -0.2) is 41.3 Å². The molecular formula is C13H16N2O2S. The van der Waals surface area contributed by atoms with E-state index in [1.807, 2.05) is 30.0 Å². The average molecular weight is 264 g/mol. The van der Waals surface area contributed by atoms with Gasteiger partial charge in [-0.2, -0.15) is 5.26 Å². The van der Waals surface area contributed by atoms with Gasteiger partial charge in [-0.05, 0) is 17.9 Å². The van der Waals surface area contributed by atoms with E-state index < -0.39 is 12.2 Å². The van der Waals surface area contributed by atoms with Crippen LogP contribution in [0.1, 0.15) is 12.5 Å². The summed E-state index contributed by atoms with van der Waals surface area (Å²) < 4.78 is 0. The van der Waals surface area contributed by atoms with Crippen LogP contribution < -0.4 is 4.90 Å². The minimum absolute atomic E-state index is 0.371. The summed E-state index contributed by atoms with van der Waals surface area (Å²) in [6.07, 6.45) is -1.47. The topological polar surface area (TPSA) is 67.5 Å². The van der Waals surface area contributed by atoms with E-state index in [2.05, 4.69) is 6.07 Å². The summed E-state index contributed by atoms with van der Waals surface area (Å²) in [5, 5.41) is 28.5. The molecule has 1 heterocycles. The maximum Gasteiger partial charge on any atom is 0.103 e. The molecule has 2 unspecified atom stereocenters. The summed E-state index contributed by atoms with van der Waals surface area (Å²) in [5.74, 6) is 0.906. The fraction of sp³-hybridized carbons (Fsp3) is 0.462. The summed E-state index contributed by atoms with van der Waals surface area (Å²) in [6, 6.07) is 7.93. The monoisotopic (exact) mass is 264 g/mol. The standard InChI is InChI=1S/C13H16N2O2S/c1-2-18-13-5-3-4-10(9(13)6-14)15-7-11(16)12(17)8-15/h3-5,11-12,16-17H,2,7-8H2,1H3. The third-order valence-electron chi connectivity index (χ3n) is 3.02. The van der Waals surface area contributed by atoms with Crippen LogP contribution in [-0.2, 0) is 0 Å². The van der Waals surface area contributed by atoms with E-state index in [0.29, 0.717) is 18.7 Å². The zero-order valence-electron chi connectivity index (χ0n) is 10.2. The van der Waals surface area contributed by atoms with Gasteiger partial charge in [-0.25, -0.2) is 0 Å². The van der Waals surface area contributed by atoms with Crippen LogP contribution in [0.15, 0.2) is 23.1 Å². The van der Waals surface area contributed by atoms with Crippen molar-refractivity contribution in [3.63, 3.8) is 0 Å². The molecule has 18 heavy (non-hydrogen) atoms. The van der Waals surface area contributed by atoms with Gasteiger partial charge in [0.05, 0.1) is 23.5 Å². The lowest BCUT2D eigenvalue weighted by Crippen LogP contribution is -2.22. The summed E-state index contributed by atoms with van der Waals surface area (Å²) >= 11 is 1.63. The Labute approximate surface area is 111 Å². The van der Waals surface area contributed by atoms with Crippen molar-refractivity contribution in [1.82, 2.24) is 0 Å². The van der Waals surface area contributed by atoms with Gasteiger partial charge < -0.3 is 15.1 Å². The Bertz CT molecular complexity index is 463. The first-order valence-electron chi connectivity index (χ1n) is 5.94. The third-order valence-corrected chi connectivity index (χ3v) is 3.96.